The van der Waals surface area contributed by atoms with Crippen LogP contribution in [0.1, 0.15) is 15.9 Å². The van der Waals surface area contributed by atoms with Gasteiger partial charge in [0.25, 0.3) is 0 Å². The van der Waals surface area contributed by atoms with E-state index in [2.05, 4.69) is 15.9 Å². The molecule has 0 N–H and O–H groups in total. The Bertz CT molecular complexity index is 671. The summed E-state index contributed by atoms with van der Waals surface area (Å²) in [4.78, 5) is 12.4. The lowest BCUT2D eigenvalue weighted by molar-refractivity contribution is 0.0988. The van der Waals surface area contributed by atoms with E-state index in [1.165, 1.54) is 20.3 Å². The van der Waals surface area contributed by atoms with Crippen LogP contribution in [-0.4, -0.2) is 20.0 Å². The van der Waals surface area contributed by atoms with E-state index in [-0.39, 0.29) is 12.2 Å². The molecule has 3 nitrogen and oxygen atoms in total. The average molecular weight is 353 g/mol. The summed E-state index contributed by atoms with van der Waals surface area (Å²) in [6, 6.07) is 9.56. The molecule has 21 heavy (non-hydrogen) atoms. The average Bonchev–Trinajstić information content (AvgIpc) is 2.49. The first-order valence-corrected chi connectivity index (χ1v) is 7.04. The zero-order valence-electron chi connectivity index (χ0n) is 11.7. The number of hydrogen-bond acceptors (Lipinski definition) is 3. The van der Waals surface area contributed by atoms with E-state index in [4.69, 9.17) is 9.47 Å². The van der Waals surface area contributed by atoms with Gasteiger partial charge in [0, 0.05) is 10.9 Å². The minimum absolute atomic E-state index is 0.0468. The highest BCUT2D eigenvalue weighted by molar-refractivity contribution is 9.10. The van der Waals surface area contributed by atoms with E-state index in [1.54, 1.807) is 30.3 Å². The minimum atomic E-state index is -0.409. The molecule has 2 aromatic carbocycles. The predicted molar refractivity (Wildman–Crippen MR) is 81.7 cm³/mol. The second-order valence-corrected chi connectivity index (χ2v) is 5.29. The molecule has 0 radical (unpaired) electrons. The topological polar surface area (TPSA) is 35.5 Å². The van der Waals surface area contributed by atoms with Gasteiger partial charge in [-0.05, 0) is 35.9 Å². The molecule has 0 aliphatic heterocycles. The second kappa shape index (κ2) is 6.72. The molecule has 0 aliphatic rings. The predicted octanol–water partition coefficient (Wildman–Crippen LogP) is 4.03. The third-order valence-corrected chi connectivity index (χ3v) is 3.56. The fourth-order valence-electron chi connectivity index (χ4n) is 2.05. The Kier molecular flexibility index (Phi) is 4.96. The smallest absolute Gasteiger partial charge is 0.171 e. The summed E-state index contributed by atoms with van der Waals surface area (Å²) in [5, 5.41) is 0. The standard InChI is InChI=1S/C16H14BrFO3/c1-20-15-5-3-4-12(16(15)21-2)14(19)9-10-8-11(17)6-7-13(10)18/h3-8H,9H2,1-2H3. The van der Waals surface area contributed by atoms with Crippen molar-refractivity contribution in [2.24, 2.45) is 0 Å². The van der Waals surface area contributed by atoms with Gasteiger partial charge in [0.05, 0.1) is 19.8 Å². The molecule has 0 amide bonds. The number of methoxy groups -OCH3 is 2. The molecule has 110 valence electrons. The number of ether oxygens (including phenoxy) is 2. The second-order valence-electron chi connectivity index (χ2n) is 4.38. The molecule has 0 aromatic heterocycles. The van der Waals surface area contributed by atoms with Gasteiger partial charge in [-0.3, -0.25) is 4.79 Å². The molecule has 0 atom stereocenters. The monoisotopic (exact) mass is 352 g/mol. The van der Waals surface area contributed by atoms with Crippen molar-refractivity contribution in [3.05, 3.63) is 57.8 Å². The molecule has 0 fully saturated rings. The summed E-state index contributed by atoms with van der Waals surface area (Å²) in [5.41, 5.74) is 0.704. The summed E-state index contributed by atoms with van der Waals surface area (Å²) in [6.45, 7) is 0. The SMILES string of the molecule is COc1cccc(C(=O)Cc2cc(Br)ccc2F)c1OC. The van der Waals surface area contributed by atoms with Gasteiger partial charge in [-0.15, -0.1) is 0 Å². The third kappa shape index (κ3) is 3.42. The number of carbonyl (C=O) groups is 1. The molecule has 2 rings (SSSR count). The van der Waals surface area contributed by atoms with Crippen LogP contribution in [0.15, 0.2) is 40.9 Å². The van der Waals surface area contributed by atoms with Crippen molar-refractivity contribution in [1.29, 1.82) is 0 Å². The highest BCUT2D eigenvalue weighted by Gasteiger charge is 2.18. The van der Waals surface area contributed by atoms with E-state index in [0.717, 1.165) is 4.47 Å². The van der Waals surface area contributed by atoms with E-state index < -0.39 is 5.82 Å². The van der Waals surface area contributed by atoms with Crippen LogP contribution in [-0.2, 0) is 6.42 Å². The summed E-state index contributed by atoms with van der Waals surface area (Å²) in [7, 11) is 2.97. The van der Waals surface area contributed by atoms with E-state index in [0.29, 0.717) is 22.6 Å². The Morgan fingerprint density at radius 2 is 1.95 bits per heavy atom. The van der Waals surface area contributed by atoms with Crippen LogP contribution in [0.4, 0.5) is 4.39 Å². The number of benzene rings is 2. The van der Waals surface area contributed by atoms with E-state index in [9.17, 15) is 9.18 Å². The van der Waals surface area contributed by atoms with Gasteiger partial charge in [-0.1, -0.05) is 22.0 Å². The van der Waals surface area contributed by atoms with Gasteiger partial charge in [0.2, 0.25) is 0 Å². The Morgan fingerprint density at radius 1 is 1.19 bits per heavy atom. The largest absolute Gasteiger partial charge is 0.493 e. The van der Waals surface area contributed by atoms with Crippen LogP contribution in [0.25, 0.3) is 0 Å². The molecule has 0 heterocycles. The van der Waals surface area contributed by atoms with Gasteiger partial charge in [0.1, 0.15) is 5.82 Å². The number of hydrogen-bond donors (Lipinski definition) is 0. The van der Waals surface area contributed by atoms with Crippen molar-refractivity contribution in [1.82, 2.24) is 0 Å². The zero-order valence-corrected chi connectivity index (χ0v) is 13.2. The first-order valence-electron chi connectivity index (χ1n) is 6.25. The molecule has 2 aromatic rings. The van der Waals surface area contributed by atoms with Gasteiger partial charge >= 0.3 is 0 Å². The van der Waals surface area contributed by atoms with Crippen LogP contribution in [0.2, 0.25) is 0 Å². The number of para-hydroxylation sites is 1. The van der Waals surface area contributed by atoms with Gasteiger partial charge in [-0.25, -0.2) is 4.39 Å². The number of rotatable bonds is 5. The highest BCUT2D eigenvalue weighted by Crippen LogP contribution is 2.31. The van der Waals surface area contributed by atoms with Crippen LogP contribution in [0.3, 0.4) is 0 Å². The van der Waals surface area contributed by atoms with Crippen molar-refractivity contribution in [2.75, 3.05) is 14.2 Å². The lowest BCUT2D eigenvalue weighted by Crippen LogP contribution is -2.08. The molecule has 0 unspecified atom stereocenters. The maximum atomic E-state index is 13.7. The maximum absolute atomic E-state index is 13.7. The van der Waals surface area contributed by atoms with Gasteiger partial charge in [0.15, 0.2) is 17.3 Å². The summed E-state index contributed by atoms with van der Waals surface area (Å²) in [5.74, 6) is 0.189. The molecule has 0 saturated heterocycles. The van der Waals surface area contributed by atoms with Crippen LogP contribution >= 0.6 is 15.9 Å². The fraction of sp³-hybridized carbons (Fsp3) is 0.188. The van der Waals surface area contributed by atoms with E-state index >= 15 is 0 Å². The summed E-state index contributed by atoms with van der Waals surface area (Å²) in [6.07, 6.45) is -0.0468. The highest BCUT2D eigenvalue weighted by atomic mass is 79.9. The zero-order chi connectivity index (χ0) is 15.4. The molecule has 0 saturated carbocycles. The van der Waals surface area contributed by atoms with Crippen molar-refractivity contribution >= 4 is 21.7 Å². The third-order valence-electron chi connectivity index (χ3n) is 3.06. The Hall–Kier alpha value is -1.88. The van der Waals surface area contributed by atoms with Crippen molar-refractivity contribution in [3.63, 3.8) is 0 Å². The molecular formula is C16H14BrFO3. The van der Waals surface area contributed by atoms with E-state index in [1.807, 2.05) is 0 Å². The quantitative estimate of drug-likeness (QED) is 0.762. The number of Topliss-reactive ketones (excluding diaryl/α,β-unsaturated/α-hetero) is 1. The van der Waals surface area contributed by atoms with Gasteiger partial charge < -0.3 is 9.47 Å². The number of carbonyl (C=O) groups excluding carboxylic acids is 1. The first kappa shape index (κ1) is 15.5. The molecule has 0 bridgehead atoms. The Balaban J connectivity index is 2.35. The van der Waals surface area contributed by atoms with Crippen LogP contribution in [0.5, 0.6) is 11.5 Å². The lowest BCUT2D eigenvalue weighted by atomic mass is 10.0. The fourth-order valence-corrected chi connectivity index (χ4v) is 2.46. The van der Waals surface area contributed by atoms with Gasteiger partial charge in [-0.2, -0.15) is 0 Å². The summed E-state index contributed by atoms with van der Waals surface area (Å²) < 4.78 is 24.9. The van der Waals surface area contributed by atoms with Crippen LogP contribution in [0, 0.1) is 5.82 Å². The molecular weight excluding hydrogens is 339 g/mol. The normalized spacial score (nSPS) is 10.3. The van der Waals surface area contributed by atoms with Crippen molar-refractivity contribution in [2.45, 2.75) is 6.42 Å². The maximum Gasteiger partial charge on any atom is 0.171 e. The van der Waals surface area contributed by atoms with Crippen LogP contribution < -0.4 is 9.47 Å². The lowest BCUT2D eigenvalue weighted by Gasteiger charge is -2.12. The number of halogens is 2. The number of ketones is 1. The minimum Gasteiger partial charge on any atom is -0.493 e. The Morgan fingerprint density at radius 3 is 2.62 bits per heavy atom. The summed E-state index contributed by atoms with van der Waals surface area (Å²) >= 11 is 3.27. The Labute approximate surface area is 130 Å². The molecule has 5 heteroatoms. The van der Waals surface area contributed by atoms with Crippen molar-refractivity contribution in [3.8, 4) is 11.5 Å². The first-order chi connectivity index (χ1) is 10.1. The molecule has 0 aliphatic carbocycles. The van der Waals surface area contributed by atoms with Crippen molar-refractivity contribution < 1.29 is 18.7 Å². The molecule has 0 spiro atoms.